The van der Waals surface area contributed by atoms with Crippen molar-refractivity contribution in [3.8, 4) is 0 Å². The molecule has 0 aliphatic rings. The van der Waals surface area contributed by atoms with E-state index in [0.717, 1.165) is 21.9 Å². The number of hydrogen-bond acceptors (Lipinski definition) is 3. The zero-order valence-corrected chi connectivity index (χ0v) is 15.3. The van der Waals surface area contributed by atoms with Gasteiger partial charge in [-0.2, -0.15) is 0 Å². The van der Waals surface area contributed by atoms with Crippen LogP contribution in [0.4, 0.5) is 0 Å². The number of nitrogens with two attached hydrogens (primary N) is 1. The molecular weight excluding hydrogens is 344 g/mol. The average molecular weight is 368 g/mol. The van der Waals surface area contributed by atoms with Crippen molar-refractivity contribution >= 4 is 38.9 Å². The van der Waals surface area contributed by atoms with E-state index in [1.165, 1.54) is 4.88 Å². The third-order valence-electron chi connectivity index (χ3n) is 2.86. The van der Waals surface area contributed by atoms with Gasteiger partial charge in [-0.25, -0.2) is 0 Å². The smallest absolute Gasteiger partial charge is 0.107 e. The first-order valence-corrected chi connectivity index (χ1v) is 8.72. The van der Waals surface area contributed by atoms with Crippen LogP contribution in [0.25, 0.3) is 0 Å². The van der Waals surface area contributed by atoms with Crippen LogP contribution in [0.2, 0.25) is 4.34 Å². The molecule has 0 spiro atoms. The first-order chi connectivity index (χ1) is 8.85. The number of halogens is 2. The third-order valence-corrected chi connectivity index (χ3v) is 5.43. The van der Waals surface area contributed by atoms with Crippen LogP contribution in [0.5, 0.6) is 0 Å². The molecule has 1 aromatic heterocycles. The first kappa shape index (κ1) is 17.4. The van der Waals surface area contributed by atoms with Crippen molar-refractivity contribution in [3.05, 3.63) is 19.8 Å². The van der Waals surface area contributed by atoms with Crippen LogP contribution in [0.1, 0.15) is 38.6 Å². The lowest BCUT2D eigenvalue weighted by Crippen LogP contribution is -2.38. The van der Waals surface area contributed by atoms with Crippen molar-refractivity contribution in [2.45, 2.75) is 33.7 Å². The van der Waals surface area contributed by atoms with Crippen LogP contribution in [0.3, 0.4) is 0 Å². The lowest BCUT2D eigenvalue weighted by Gasteiger charge is -2.33. The minimum Gasteiger partial charge on any atom is -0.329 e. The summed E-state index contributed by atoms with van der Waals surface area (Å²) in [6, 6.07) is 2.37. The predicted molar refractivity (Wildman–Crippen MR) is 90.1 cm³/mol. The molecule has 0 aromatic carbocycles. The van der Waals surface area contributed by atoms with Gasteiger partial charge in [0.1, 0.15) is 4.34 Å². The summed E-state index contributed by atoms with van der Waals surface area (Å²) >= 11 is 11.3. The minimum absolute atomic E-state index is 0.263. The van der Waals surface area contributed by atoms with E-state index in [1.807, 2.05) is 0 Å². The van der Waals surface area contributed by atoms with Crippen molar-refractivity contribution in [2.24, 2.45) is 17.6 Å². The first-order valence-electron chi connectivity index (χ1n) is 6.74. The standard InChI is InChI=1S/C14H24BrClN2S/c1-9(2)7-18(8-10(3)4)12(6-17)13-5-11(15)14(16)19-13/h5,9-10,12H,6-8,17H2,1-4H3. The summed E-state index contributed by atoms with van der Waals surface area (Å²) in [4.78, 5) is 3.74. The third kappa shape index (κ3) is 5.35. The van der Waals surface area contributed by atoms with Crippen molar-refractivity contribution in [1.82, 2.24) is 4.90 Å². The van der Waals surface area contributed by atoms with Gasteiger partial charge >= 0.3 is 0 Å². The molecule has 0 aliphatic carbocycles. The second-order valence-corrected chi connectivity index (χ2v) is 8.30. The molecule has 1 unspecified atom stereocenters. The number of thiophene rings is 1. The van der Waals surface area contributed by atoms with E-state index in [1.54, 1.807) is 11.3 Å². The van der Waals surface area contributed by atoms with Gasteiger partial charge in [0.15, 0.2) is 0 Å². The van der Waals surface area contributed by atoms with Gasteiger partial charge in [0.2, 0.25) is 0 Å². The SMILES string of the molecule is CC(C)CN(CC(C)C)C(CN)c1cc(Br)c(Cl)s1. The van der Waals surface area contributed by atoms with E-state index in [-0.39, 0.29) is 6.04 Å². The van der Waals surface area contributed by atoms with Crippen molar-refractivity contribution < 1.29 is 0 Å². The van der Waals surface area contributed by atoms with E-state index in [2.05, 4.69) is 54.6 Å². The Morgan fingerprint density at radius 1 is 1.26 bits per heavy atom. The molecule has 1 rings (SSSR count). The second-order valence-electron chi connectivity index (χ2n) is 5.76. The Balaban J connectivity index is 2.94. The molecule has 2 N–H and O–H groups in total. The van der Waals surface area contributed by atoms with Gasteiger partial charge in [-0.3, -0.25) is 4.90 Å². The Kier molecular flexibility index (Phi) is 7.33. The second kappa shape index (κ2) is 7.99. The highest BCUT2D eigenvalue weighted by atomic mass is 79.9. The summed E-state index contributed by atoms with van der Waals surface area (Å²) in [5.41, 5.74) is 6.02. The maximum Gasteiger partial charge on any atom is 0.107 e. The summed E-state index contributed by atoms with van der Waals surface area (Å²) in [6.07, 6.45) is 0. The summed E-state index contributed by atoms with van der Waals surface area (Å²) < 4.78 is 1.78. The van der Waals surface area contributed by atoms with Crippen LogP contribution in [-0.4, -0.2) is 24.5 Å². The molecule has 1 heterocycles. The molecule has 19 heavy (non-hydrogen) atoms. The molecule has 110 valence electrons. The van der Waals surface area contributed by atoms with Crippen molar-refractivity contribution in [3.63, 3.8) is 0 Å². The largest absolute Gasteiger partial charge is 0.329 e. The zero-order valence-electron chi connectivity index (χ0n) is 12.1. The molecule has 1 atom stereocenters. The van der Waals surface area contributed by atoms with Crippen LogP contribution < -0.4 is 5.73 Å². The van der Waals surface area contributed by atoms with Gasteiger partial charge in [0.25, 0.3) is 0 Å². The molecule has 2 nitrogen and oxygen atoms in total. The molecule has 1 aromatic rings. The van der Waals surface area contributed by atoms with Gasteiger partial charge in [-0.15, -0.1) is 11.3 Å². The number of hydrogen-bond donors (Lipinski definition) is 1. The quantitative estimate of drug-likeness (QED) is 0.751. The Hall–Kier alpha value is 0.390. The van der Waals surface area contributed by atoms with E-state index in [9.17, 15) is 0 Å². The fourth-order valence-electron chi connectivity index (χ4n) is 2.24. The van der Waals surface area contributed by atoms with E-state index >= 15 is 0 Å². The topological polar surface area (TPSA) is 29.3 Å². The van der Waals surface area contributed by atoms with Gasteiger partial charge in [-0.05, 0) is 33.8 Å². The number of nitrogens with zero attached hydrogens (tertiary/aromatic N) is 1. The average Bonchev–Trinajstić information content (AvgIpc) is 2.58. The molecule has 0 aliphatic heterocycles. The Morgan fingerprint density at radius 2 is 1.79 bits per heavy atom. The normalized spacial score (nSPS) is 13.8. The maximum atomic E-state index is 6.16. The van der Waals surface area contributed by atoms with E-state index < -0.39 is 0 Å². The van der Waals surface area contributed by atoms with Gasteiger partial charge < -0.3 is 5.73 Å². The zero-order chi connectivity index (χ0) is 14.6. The molecule has 0 bridgehead atoms. The van der Waals surface area contributed by atoms with Crippen LogP contribution in [0, 0.1) is 11.8 Å². The fourth-order valence-corrected chi connectivity index (χ4v) is 4.12. The minimum atomic E-state index is 0.263. The fraction of sp³-hybridized carbons (Fsp3) is 0.714. The van der Waals surface area contributed by atoms with Crippen molar-refractivity contribution in [2.75, 3.05) is 19.6 Å². The molecular formula is C14H24BrClN2S. The molecule has 0 saturated heterocycles. The van der Waals surface area contributed by atoms with Gasteiger partial charge in [0, 0.05) is 29.0 Å². The van der Waals surface area contributed by atoms with Crippen LogP contribution in [0.15, 0.2) is 10.5 Å². The van der Waals surface area contributed by atoms with Gasteiger partial charge in [0.05, 0.1) is 6.04 Å². The van der Waals surface area contributed by atoms with Crippen LogP contribution in [-0.2, 0) is 0 Å². The Bertz CT molecular complexity index is 363. The molecule has 0 radical (unpaired) electrons. The van der Waals surface area contributed by atoms with E-state index in [0.29, 0.717) is 18.4 Å². The highest BCUT2D eigenvalue weighted by molar-refractivity contribution is 9.10. The monoisotopic (exact) mass is 366 g/mol. The lowest BCUT2D eigenvalue weighted by molar-refractivity contribution is 0.162. The number of rotatable bonds is 7. The predicted octanol–water partition coefficient (Wildman–Crippen LogP) is 4.78. The molecule has 0 fully saturated rings. The van der Waals surface area contributed by atoms with Crippen molar-refractivity contribution in [1.29, 1.82) is 0 Å². The maximum absolute atomic E-state index is 6.16. The highest BCUT2D eigenvalue weighted by Gasteiger charge is 2.23. The molecule has 0 amide bonds. The van der Waals surface area contributed by atoms with E-state index in [4.69, 9.17) is 17.3 Å². The Labute approximate surface area is 134 Å². The van der Waals surface area contributed by atoms with Crippen LogP contribution >= 0.6 is 38.9 Å². The summed E-state index contributed by atoms with van der Waals surface area (Å²) in [5.74, 6) is 1.26. The lowest BCUT2D eigenvalue weighted by atomic mass is 10.1. The highest BCUT2D eigenvalue weighted by Crippen LogP contribution is 2.37. The molecule has 0 saturated carbocycles. The molecule has 5 heteroatoms. The summed E-state index contributed by atoms with van der Waals surface area (Å²) in [7, 11) is 0. The van der Waals surface area contributed by atoms with Gasteiger partial charge in [-0.1, -0.05) is 39.3 Å². The summed E-state index contributed by atoms with van der Waals surface area (Å²) in [6.45, 7) is 11.7. The summed E-state index contributed by atoms with van der Waals surface area (Å²) in [5, 5.41) is 0. The Morgan fingerprint density at radius 3 is 2.11 bits per heavy atom.